The van der Waals surface area contributed by atoms with Crippen molar-refractivity contribution in [1.29, 1.82) is 0 Å². The zero-order valence-electron chi connectivity index (χ0n) is 14.9. The van der Waals surface area contributed by atoms with Crippen LogP contribution in [-0.4, -0.2) is 48.4 Å². The van der Waals surface area contributed by atoms with Crippen LogP contribution in [0.15, 0.2) is 23.6 Å². The minimum absolute atomic E-state index is 0.254. The van der Waals surface area contributed by atoms with Crippen molar-refractivity contribution in [2.24, 2.45) is 0 Å². The molecular formula is C19H26N2O3S. The Morgan fingerprint density at radius 2 is 2.16 bits per heavy atom. The molecule has 0 saturated carbocycles. The zero-order valence-corrected chi connectivity index (χ0v) is 15.7. The normalized spacial score (nSPS) is 18.3. The molecule has 136 valence electrons. The quantitative estimate of drug-likeness (QED) is 0.816. The number of likely N-dealkylation sites (tertiary alicyclic amines) is 1. The van der Waals surface area contributed by atoms with E-state index >= 15 is 0 Å². The first-order valence-electron chi connectivity index (χ1n) is 8.77. The van der Waals surface area contributed by atoms with Crippen LogP contribution < -0.4 is 9.47 Å². The first-order chi connectivity index (χ1) is 12.3. The summed E-state index contributed by atoms with van der Waals surface area (Å²) < 4.78 is 10.9. The van der Waals surface area contributed by atoms with E-state index in [1.165, 1.54) is 19.3 Å². The van der Waals surface area contributed by atoms with Crippen molar-refractivity contribution >= 4 is 11.3 Å². The third-order valence-corrected chi connectivity index (χ3v) is 5.69. The van der Waals surface area contributed by atoms with Gasteiger partial charge in [0.25, 0.3) is 0 Å². The van der Waals surface area contributed by atoms with Gasteiger partial charge in [-0.1, -0.05) is 12.5 Å². The average molecular weight is 362 g/mol. The number of aromatic nitrogens is 1. The van der Waals surface area contributed by atoms with E-state index in [-0.39, 0.29) is 6.61 Å². The third kappa shape index (κ3) is 4.14. The molecule has 1 saturated heterocycles. The van der Waals surface area contributed by atoms with Gasteiger partial charge in [-0.3, -0.25) is 4.90 Å². The summed E-state index contributed by atoms with van der Waals surface area (Å²) in [5, 5.41) is 12.4. The van der Waals surface area contributed by atoms with Crippen LogP contribution in [0.4, 0.5) is 0 Å². The Hall–Kier alpha value is -1.63. The third-order valence-electron chi connectivity index (χ3n) is 4.76. The molecule has 1 aromatic heterocycles. The number of hydrogen-bond acceptors (Lipinski definition) is 6. The SMILES string of the molecule is COc1cccc(-c2nc(CN3CCCCC3CCO)cs2)c1OC. The van der Waals surface area contributed by atoms with Gasteiger partial charge in [0.1, 0.15) is 5.01 Å². The second-order valence-corrected chi connectivity index (χ2v) is 7.18. The van der Waals surface area contributed by atoms with E-state index in [2.05, 4.69) is 10.3 Å². The van der Waals surface area contributed by atoms with Crippen molar-refractivity contribution in [3.63, 3.8) is 0 Å². The zero-order chi connectivity index (χ0) is 17.6. The van der Waals surface area contributed by atoms with Gasteiger partial charge in [-0.05, 0) is 37.9 Å². The number of methoxy groups -OCH3 is 2. The summed E-state index contributed by atoms with van der Waals surface area (Å²) in [4.78, 5) is 7.29. The average Bonchev–Trinajstić information content (AvgIpc) is 3.11. The van der Waals surface area contributed by atoms with Crippen molar-refractivity contribution in [3.05, 3.63) is 29.3 Å². The molecule has 1 unspecified atom stereocenters. The molecule has 1 atom stereocenters. The Balaban J connectivity index is 1.79. The van der Waals surface area contributed by atoms with Crippen LogP contribution in [0.5, 0.6) is 11.5 Å². The van der Waals surface area contributed by atoms with Crippen molar-refractivity contribution in [1.82, 2.24) is 9.88 Å². The molecule has 2 aromatic rings. The van der Waals surface area contributed by atoms with Crippen LogP contribution in [0.25, 0.3) is 10.6 Å². The van der Waals surface area contributed by atoms with Gasteiger partial charge in [0.2, 0.25) is 0 Å². The molecule has 6 heteroatoms. The Morgan fingerprint density at radius 1 is 1.28 bits per heavy atom. The maximum Gasteiger partial charge on any atom is 0.170 e. The van der Waals surface area contributed by atoms with Crippen molar-refractivity contribution in [3.8, 4) is 22.1 Å². The van der Waals surface area contributed by atoms with Crippen molar-refractivity contribution < 1.29 is 14.6 Å². The molecule has 2 heterocycles. The van der Waals surface area contributed by atoms with E-state index < -0.39 is 0 Å². The number of piperidine rings is 1. The smallest absolute Gasteiger partial charge is 0.170 e. The predicted molar refractivity (Wildman–Crippen MR) is 100 cm³/mol. The highest BCUT2D eigenvalue weighted by Crippen LogP contribution is 2.39. The second-order valence-electron chi connectivity index (χ2n) is 6.32. The number of benzene rings is 1. The number of aliphatic hydroxyl groups excluding tert-OH is 1. The molecule has 3 rings (SSSR count). The summed E-state index contributed by atoms with van der Waals surface area (Å²) in [7, 11) is 3.30. The molecule has 1 fully saturated rings. The van der Waals surface area contributed by atoms with Crippen LogP contribution in [0.3, 0.4) is 0 Å². The summed E-state index contributed by atoms with van der Waals surface area (Å²) in [5.74, 6) is 1.44. The first-order valence-corrected chi connectivity index (χ1v) is 9.65. The molecule has 1 N–H and O–H groups in total. The topological polar surface area (TPSA) is 54.8 Å². The van der Waals surface area contributed by atoms with Gasteiger partial charge in [0.05, 0.1) is 25.5 Å². The predicted octanol–water partition coefficient (Wildman–Crippen LogP) is 3.56. The van der Waals surface area contributed by atoms with E-state index in [9.17, 15) is 5.11 Å². The van der Waals surface area contributed by atoms with Crippen LogP contribution in [0, 0.1) is 0 Å². The van der Waals surface area contributed by atoms with E-state index in [4.69, 9.17) is 14.5 Å². The van der Waals surface area contributed by atoms with Crippen molar-refractivity contribution in [2.75, 3.05) is 27.4 Å². The molecule has 0 aliphatic carbocycles. The lowest BCUT2D eigenvalue weighted by Gasteiger charge is -2.35. The Labute approximate surface area is 153 Å². The molecule has 0 amide bonds. The minimum Gasteiger partial charge on any atom is -0.493 e. The highest BCUT2D eigenvalue weighted by Gasteiger charge is 2.23. The Kier molecular flexibility index (Phi) is 6.29. The Morgan fingerprint density at radius 3 is 2.92 bits per heavy atom. The fourth-order valence-electron chi connectivity index (χ4n) is 3.51. The number of thiazole rings is 1. The highest BCUT2D eigenvalue weighted by atomic mass is 32.1. The van der Waals surface area contributed by atoms with Gasteiger partial charge in [-0.25, -0.2) is 4.98 Å². The molecule has 1 aromatic carbocycles. The fourth-order valence-corrected chi connectivity index (χ4v) is 4.34. The van der Waals surface area contributed by atoms with Crippen LogP contribution in [0.2, 0.25) is 0 Å². The lowest BCUT2D eigenvalue weighted by Crippen LogP contribution is -2.39. The van der Waals surface area contributed by atoms with E-state index in [1.807, 2.05) is 18.2 Å². The maximum absolute atomic E-state index is 9.30. The summed E-state index contributed by atoms with van der Waals surface area (Å²) in [6.45, 7) is 2.18. The van der Waals surface area contributed by atoms with Gasteiger partial charge in [0, 0.05) is 24.6 Å². The van der Waals surface area contributed by atoms with Crippen LogP contribution >= 0.6 is 11.3 Å². The molecule has 5 nitrogen and oxygen atoms in total. The summed E-state index contributed by atoms with van der Waals surface area (Å²) >= 11 is 1.63. The number of ether oxygens (including phenoxy) is 2. The minimum atomic E-state index is 0.254. The molecule has 1 aliphatic heterocycles. The van der Waals surface area contributed by atoms with Gasteiger partial charge in [-0.15, -0.1) is 11.3 Å². The summed E-state index contributed by atoms with van der Waals surface area (Å²) in [6.07, 6.45) is 4.50. The number of nitrogens with zero attached hydrogens (tertiary/aromatic N) is 2. The van der Waals surface area contributed by atoms with E-state index in [0.717, 1.165) is 47.3 Å². The second kappa shape index (κ2) is 8.65. The Bertz CT molecular complexity index is 687. The highest BCUT2D eigenvalue weighted by molar-refractivity contribution is 7.13. The van der Waals surface area contributed by atoms with Gasteiger partial charge in [-0.2, -0.15) is 0 Å². The molecule has 25 heavy (non-hydrogen) atoms. The maximum atomic E-state index is 9.30. The fraction of sp³-hybridized carbons (Fsp3) is 0.526. The van der Waals surface area contributed by atoms with Gasteiger partial charge >= 0.3 is 0 Å². The van der Waals surface area contributed by atoms with Gasteiger partial charge in [0.15, 0.2) is 11.5 Å². The lowest BCUT2D eigenvalue weighted by atomic mass is 9.99. The number of rotatable bonds is 7. The van der Waals surface area contributed by atoms with Gasteiger partial charge < -0.3 is 14.6 Å². The standard InChI is InChI=1S/C19H26N2O3S/c1-23-17-8-5-7-16(18(17)24-2)19-20-14(13-25-19)12-21-10-4-3-6-15(21)9-11-22/h5,7-8,13,15,22H,3-4,6,9-12H2,1-2H3. The van der Waals surface area contributed by atoms with Crippen molar-refractivity contribution in [2.45, 2.75) is 38.3 Å². The van der Waals surface area contributed by atoms with Crippen LogP contribution in [-0.2, 0) is 6.54 Å². The van der Waals surface area contributed by atoms with E-state index in [1.54, 1.807) is 25.6 Å². The number of hydrogen-bond donors (Lipinski definition) is 1. The number of aliphatic hydroxyl groups is 1. The molecule has 0 bridgehead atoms. The monoisotopic (exact) mass is 362 g/mol. The number of para-hydroxylation sites is 1. The molecule has 0 radical (unpaired) electrons. The molecule has 0 spiro atoms. The molecular weight excluding hydrogens is 336 g/mol. The summed E-state index contributed by atoms with van der Waals surface area (Å²) in [5.41, 5.74) is 2.04. The van der Waals surface area contributed by atoms with E-state index in [0.29, 0.717) is 6.04 Å². The largest absolute Gasteiger partial charge is 0.493 e. The molecule has 1 aliphatic rings. The summed E-state index contributed by atoms with van der Waals surface area (Å²) in [6, 6.07) is 6.33. The first kappa shape index (κ1) is 18.2. The van der Waals surface area contributed by atoms with Crippen LogP contribution in [0.1, 0.15) is 31.4 Å². The lowest BCUT2D eigenvalue weighted by molar-refractivity contribution is 0.111.